The lowest BCUT2D eigenvalue weighted by molar-refractivity contribution is 0.592. The summed E-state index contributed by atoms with van der Waals surface area (Å²) < 4.78 is 41.9. The van der Waals surface area contributed by atoms with E-state index in [0.29, 0.717) is 0 Å². The molecule has 0 spiro atoms. The van der Waals surface area contributed by atoms with Crippen LogP contribution in [0.2, 0.25) is 4.24 Å². The molecule has 0 heterocycles. The maximum atomic E-state index is 10.9. The normalized spacial score (nSPS) is 17.9. The molecule has 0 radical (unpaired) electrons. The summed E-state index contributed by atoms with van der Waals surface area (Å²) in [6.45, 7) is 3.18. The molecule has 0 aliphatic heterocycles. The lowest BCUT2D eigenvalue weighted by Crippen LogP contribution is -2.37. The molecule has 0 aromatic heterocycles. The van der Waals surface area contributed by atoms with Crippen LogP contribution in [0.15, 0.2) is 0 Å². The summed E-state index contributed by atoms with van der Waals surface area (Å²) in [6, 6.07) is 0. The fourth-order valence-electron chi connectivity index (χ4n) is 0.229. The summed E-state index contributed by atoms with van der Waals surface area (Å²) >= 11 is 0. The summed E-state index contributed by atoms with van der Waals surface area (Å²) in [6.07, 6.45) is 0. The predicted molar refractivity (Wildman–Crippen MR) is 38.8 cm³/mol. The van der Waals surface area contributed by atoms with Crippen molar-refractivity contribution in [2.24, 2.45) is 11.0 Å². The fourth-order valence-corrected chi connectivity index (χ4v) is 0.686. The zero-order valence-corrected chi connectivity index (χ0v) is 6.51. The minimum atomic E-state index is -4.19. The van der Waals surface area contributed by atoms with E-state index in [2.05, 4.69) is 5.40 Å². The molecule has 5 nitrogen and oxygen atoms in total. The molecule has 0 saturated carbocycles. The standard InChI is InChI=1S/C4H11N3O2S/c1-3(2)4(5)7-10(6,8)9/h3H,1-2H3,(H2,5,7)(H2,6,8,9)/i/hD3. The van der Waals surface area contributed by atoms with Gasteiger partial charge in [0, 0.05) is 5.92 Å². The van der Waals surface area contributed by atoms with E-state index in [-0.39, 0.29) is 16.5 Å². The van der Waals surface area contributed by atoms with E-state index in [1.54, 1.807) is 13.8 Å². The third kappa shape index (κ3) is 4.28. The Kier molecular flexibility index (Phi) is 1.51. The lowest BCUT2D eigenvalue weighted by atomic mass is 10.2. The number of nitrogens with one attached hydrogen (secondary N) is 2. The van der Waals surface area contributed by atoms with Crippen LogP contribution in [-0.4, -0.2) is 14.3 Å². The van der Waals surface area contributed by atoms with E-state index < -0.39 is 10.2 Å². The maximum Gasteiger partial charge on any atom is 0.297 e. The van der Waals surface area contributed by atoms with E-state index >= 15 is 0 Å². The fraction of sp³-hybridized carbons (Fsp3) is 0.750. The summed E-state index contributed by atoms with van der Waals surface area (Å²) in [5, 5.41) is 4.11. The summed E-state index contributed by atoms with van der Waals surface area (Å²) in [7, 11) is -4.19. The van der Waals surface area contributed by atoms with Crippen LogP contribution in [-0.2, 0) is 10.2 Å². The van der Waals surface area contributed by atoms with Gasteiger partial charge in [-0.3, -0.25) is 10.1 Å². The monoisotopic (exact) mass is 168 g/mol. The Hall–Kier alpha value is -0.620. The zero-order valence-electron chi connectivity index (χ0n) is 8.70. The van der Waals surface area contributed by atoms with E-state index in [4.69, 9.17) is 4.24 Å². The minimum Gasteiger partial charge on any atom is -0.288 e. The average Bonchev–Trinajstić information content (AvgIpc) is 2.05. The van der Waals surface area contributed by atoms with Crippen molar-refractivity contribution in [2.75, 3.05) is 0 Å². The van der Waals surface area contributed by atoms with Gasteiger partial charge in [0.2, 0.25) is 0 Å². The van der Waals surface area contributed by atoms with Gasteiger partial charge in [0.25, 0.3) is 10.2 Å². The second-order valence-corrected chi connectivity index (χ2v) is 3.21. The number of hydrogen-bond donors (Lipinski definition) is 3. The molecule has 0 bridgehead atoms. The predicted octanol–water partition coefficient (Wildman–Crippen LogP) is -0.587. The highest BCUT2D eigenvalue weighted by atomic mass is 32.2. The quantitative estimate of drug-likeness (QED) is 0.388. The third-order valence-corrected chi connectivity index (χ3v) is 1.16. The molecule has 0 aliphatic rings. The van der Waals surface area contributed by atoms with Crippen LogP contribution < -0.4 is 9.85 Å². The van der Waals surface area contributed by atoms with Crippen LogP contribution in [0.4, 0.5) is 0 Å². The molecule has 10 heavy (non-hydrogen) atoms. The lowest BCUT2D eigenvalue weighted by Gasteiger charge is -2.06. The van der Waals surface area contributed by atoms with E-state index in [1.807, 2.05) is 0 Å². The maximum absolute atomic E-state index is 10.9. The average molecular weight is 168 g/mol. The van der Waals surface area contributed by atoms with Crippen LogP contribution in [0.5, 0.6) is 0 Å². The Morgan fingerprint density at radius 3 is 2.90 bits per heavy atom. The van der Waals surface area contributed by atoms with E-state index in [1.165, 1.54) is 5.13 Å². The molecule has 60 valence electrons. The van der Waals surface area contributed by atoms with Gasteiger partial charge >= 0.3 is 0 Å². The van der Waals surface area contributed by atoms with Gasteiger partial charge in [-0.15, -0.1) is 0 Å². The SMILES string of the molecule is [2H]N=C(C(C)C)N([2H])S(=O)(=O)N[2H]. The first-order valence-electron chi connectivity index (χ1n) is 4.01. The van der Waals surface area contributed by atoms with Crippen molar-refractivity contribution in [3.63, 3.8) is 0 Å². The van der Waals surface area contributed by atoms with Crippen LogP contribution >= 0.6 is 0 Å². The van der Waals surface area contributed by atoms with Crippen molar-refractivity contribution in [1.29, 1.82) is 5.40 Å². The second-order valence-electron chi connectivity index (χ2n) is 2.08. The number of nitrogens with two attached hydrogens (primary N) is 1. The Morgan fingerprint density at radius 1 is 2.00 bits per heavy atom. The van der Waals surface area contributed by atoms with Crippen molar-refractivity contribution >= 4 is 16.0 Å². The van der Waals surface area contributed by atoms with E-state index in [9.17, 15) is 8.42 Å². The largest absolute Gasteiger partial charge is 0.297 e. The molecular formula is C4H11N3O2S. The highest BCUT2D eigenvalue weighted by molar-refractivity contribution is 7.87. The van der Waals surface area contributed by atoms with Crippen LogP contribution in [0, 0.1) is 11.3 Å². The molecule has 0 amide bonds. The smallest absolute Gasteiger partial charge is 0.288 e. The van der Waals surface area contributed by atoms with Crippen molar-refractivity contribution in [2.45, 2.75) is 13.8 Å². The van der Waals surface area contributed by atoms with Gasteiger partial charge in [0.1, 0.15) is 7.25 Å². The number of hydrogen-bond acceptors (Lipinski definition) is 3. The van der Waals surface area contributed by atoms with E-state index in [0.717, 1.165) is 0 Å². The van der Waals surface area contributed by atoms with Gasteiger partial charge in [0.05, 0.1) is 0 Å². The third-order valence-electron chi connectivity index (χ3n) is 0.730. The summed E-state index contributed by atoms with van der Waals surface area (Å²) in [5.74, 6) is -0.627. The Labute approximate surface area is 64.7 Å². The highest BCUT2D eigenvalue weighted by Gasteiger charge is 2.07. The molecule has 0 saturated heterocycles. The summed E-state index contributed by atoms with van der Waals surface area (Å²) in [4.78, 5) is 0. The van der Waals surface area contributed by atoms with Gasteiger partial charge in [-0.25, -0.2) is 5.13 Å². The van der Waals surface area contributed by atoms with Gasteiger partial charge < -0.3 is 0 Å². The molecule has 4 N–H and O–H groups in total. The van der Waals surface area contributed by atoms with Crippen LogP contribution in [0.1, 0.15) is 13.8 Å². The van der Waals surface area contributed by atoms with Crippen LogP contribution in [0.3, 0.4) is 0 Å². The van der Waals surface area contributed by atoms with Crippen molar-refractivity contribution in [3.8, 4) is 0 Å². The molecule has 6 heteroatoms. The first-order chi connectivity index (χ1) is 5.86. The van der Waals surface area contributed by atoms with Crippen molar-refractivity contribution in [1.82, 2.24) is 4.72 Å². The van der Waals surface area contributed by atoms with Gasteiger partial charge in [-0.05, 0) is 0 Å². The topological polar surface area (TPSA) is 96.0 Å². The van der Waals surface area contributed by atoms with Crippen molar-refractivity contribution < 1.29 is 12.7 Å². The van der Waals surface area contributed by atoms with Gasteiger partial charge in [-0.1, -0.05) is 13.8 Å². The molecule has 0 fully saturated rings. The summed E-state index contributed by atoms with van der Waals surface area (Å²) in [5.41, 5.74) is 0. The van der Waals surface area contributed by atoms with Crippen molar-refractivity contribution in [3.05, 3.63) is 0 Å². The molecular weight excluding hydrogens is 154 g/mol. The molecule has 0 unspecified atom stereocenters. The Bertz CT molecular complexity index is 289. The highest BCUT2D eigenvalue weighted by Crippen LogP contribution is 1.90. The molecule has 0 rings (SSSR count). The molecule has 0 aromatic carbocycles. The minimum absolute atomic E-state index is 0.0255. The van der Waals surface area contributed by atoms with Gasteiger partial charge in [-0.2, -0.15) is 8.42 Å². The molecule has 0 atom stereocenters. The first kappa shape index (κ1) is 5.09. The molecule has 0 aromatic rings. The van der Waals surface area contributed by atoms with Crippen LogP contribution in [0.25, 0.3) is 0 Å². The Morgan fingerprint density at radius 2 is 2.60 bits per heavy atom. The first-order valence-corrected chi connectivity index (χ1v) is 4.05. The molecule has 0 aliphatic carbocycles. The zero-order chi connectivity index (χ0) is 10.6. The second kappa shape index (κ2) is 2.98. The number of rotatable bonds is 3. The Balaban J connectivity index is 4.89. The number of amidine groups is 1. The van der Waals surface area contributed by atoms with Gasteiger partial charge in [0.15, 0.2) is 2.82 Å².